The van der Waals surface area contributed by atoms with E-state index in [1.54, 1.807) is 6.92 Å². The van der Waals surface area contributed by atoms with Crippen molar-refractivity contribution in [1.29, 1.82) is 0 Å². The summed E-state index contributed by atoms with van der Waals surface area (Å²) in [4.78, 5) is 15.5. The maximum Gasteiger partial charge on any atom is 0.342 e. The molecule has 0 aliphatic rings. The second-order valence-electron chi connectivity index (χ2n) is 4.70. The van der Waals surface area contributed by atoms with Crippen LogP contribution in [-0.4, -0.2) is 16.1 Å². The molecular formula is C15H13BrClNO3. The Bertz CT molecular complexity index is 708. The normalized spacial score (nSPS) is 10.5. The van der Waals surface area contributed by atoms with Gasteiger partial charge in [0.1, 0.15) is 11.3 Å². The number of carboxylic acid groups (broad SMARTS) is 1. The highest BCUT2D eigenvalue weighted by atomic mass is 79.9. The molecule has 0 bridgehead atoms. The fraction of sp³-hybridized carbons (Fsp3) is 0.200. The van der Waals surface area contributed by atoms with Crippen molar-refractivity contribution in [1.82, 2.24) is 4.98 Å². The number of hydrogen-bond acceptors (Lipinski definition) is 3. The molecule has 6 heteroatoms. The molecule has 1 heterocycles. The standard InChI is InChI=1S/C15H13BrClNO3/c1-7-4-10(16)5-8(2)13(7)21-14-12(15(19)20)11(17)6-9(3)18-14/h4-6H,1-3H3,(H,19,20). The third-order valence-electron chi connectivity index (χ3n) is 2.90. The van der Waals surface area contributed by atoms with E-state index in [0.29, 0.717) is 11.4 Å². The van der Waals surface area contributed by atoms with Crippen molar-refractivity contribution in [2.45, 2.75) is 20.8 Å². The van der Waals surface area contributed by atoms with Crippen LogP contribution in [0.15, 0.2) is 22.7 Å². The van der Waals surface area contributed by atoms with Crippen molar-refractivity contribution in [2.24, 2.45) is 0 Å². The summed E-state index contributed by atoms with van der Waals surface area (Å²) in [5.74, 6) is -0.592. The Morgan fingerprint density at radius 3 is 2.33 bits per heavy atom. The van der Waals surface area contributed by atoms with Crippen molar-refractivity contribution in [3.8, 4) is 11.6 Å². The summed E-state index contributed by atoms with van der Waals surface area (Å²) in [6.07, 6.45) is 0. The smallest absolute Gasteiger partial charge is 0.342 e. The molecule has 1 aromatic heterocycles. The van der Waals surface area contributed by atoms with Crippen molar-refractivity contribution in [3.05, 3.63) is 50.1 Å². The van der Waals surface area contributed by atoms with Crippen LogP contribution in [0.5, 0.6) is 11.6 Å². The molecule has 2 rings (SSSR count). The number of aromatic nitrogens is 1. The number of rotatable bonds is 3. The van der Waals surface area contributed by atoms with E-state index in [1.807, 2.05) is 26.0 Å². The van der Waals surface area contributed by atoms with Gasteiger partial charge in [-0.15, -0.1) is 0 Å². The van der Waals surface area contributed by atoms with Gasteiger partial charge in [0.2, 0.25) is 5.88 Å². The van der Waals surface area contributed by atoms with Gasteiger partial charge in [-0.3, -0.25) is 0 Å². The van der Waals surface area contributed by atoms with E-state index in [4.69, 9.17) is 16.3 Å². The zero-order valence-corrected chi connectivity index (χ0v) is 14.0. The Balaban J connectivity index is 2.57. The molecule has 0 unspecified atom stereocenters. The number of pyridine rings is 1. The molecular weight excluding hydrogens is 358 g/mol. The number of hydrogen-bond donors (Lipinski definition) is 1. The van der Waals surface area contributed by atoms with Crippen LogP contribution in [0.4, 0.5) is 0 Å². The molecule has 0 spiro atoms. The van der Waals surface area contributed by atoms with Gasteiger partial charge in [0.15, 0.2) is 0 Å². The molecule has 0 aliphatic heterocycles. The zero-order valence-electron chi connectivity index (χ0n) is 11.7. The molecule has 4 nitrogen and oxygen atoms in total. The van der Waals surface area contributed by atoms with Gasteiger partial charge in [-0.25, -0.2) is 9.78 Å². The fourth-order valence-corrected chi connectivity index (χ4v) is 3.03. The summed E-state index contributed by atoms with van der Waals surface area (Å²) in [6, 6.07) is 5.28. The molecule has 0 amide bonds. The number of benzene rings is 1. The first-order valence-electron chi connectivity index (χ1n) is 6.14. The van der Waals surface area contributed by atoms with Crippen LogP contribution in [0.25, 0.3) is 0 Å². The van der Waals surface area contributed by atoms with E-state index in [2.05, 4.69) is 20.9 Å². The van der Waals surface area contributed by atoms with Gasteiger partial charge in [0.25, 0.3) is 0 Å². The lowest BCUT2D eigenvalue weighted by atomic mass is 10.1. The van der Waals surface area contributed by atoms with E-state index < -0.39 is 5.97 Å². The Hall–Kier alpha value is -1.59. The molecule has 0 fully saturated rings. The zero-order chi connectivity index (χ0) is 15.7. The Morgan fingerprint density at radius 1 is 1.24 bits per heavy atom. The van der Waals surface area contributed by atoms with Crippen molar-refractivity contribution in [2.75, 3.05) is 0 Å². The number of nitrogens with zero attached hydrogens (tertiary/aromatic N) is 1. The summed E-state index contributed by atoms with van der Waals surface area (Å²) in [5.41, 5.74) is 2.20. The van der Waals surface area contributed by atoms with Gasteiger partial charge in [-0.1, -0.05) is 27.5 Å². The fourth-order valence-electron chi connectivity index (χ4n) is 2.03. The monoisotopic (exact) mass is 369 g/mol. The quantitative estimate of drug-likeness (QED) is 0.833. The van der Waals surface area contributed by atoms with E-state index in [9.17, 15) is 9.90 Å². The summed E-state index contributed by atoms with van der Waals surface area (Å²) >= 11 is 9.40. The average molecular weight is 371 g/mol. The average Bonchev–Trinajstić information content (AvgIpc) is 2.32. The summed E-state index contributed by atoms with van der Waals surface area (Å²) in [5, 5.41) is 9.39. The number of halogens is 2. The van der Waals surface area contributed by atoms with Crippen molar-refractivity contribution in [3.63, 3.8) is 0 Å². The molecule has 0 atom stereocenters. The minimum atomic E-state index is -1.17. The third kappa shape index (κ3) is 3.36. The van der Waals surface area contributed by atoms with Crippen LogP contribution in [0.3, 0.4) is 0 Å². The van der Waals surface area contributed by atoms with E-state index >= 15 is 0 Å². The first-order chi connectivity index (χ1) is 9.79. The number of ether oxygens (including phenoxy) is 1. The minimum Gasteiger partial charge on any atom is -0.477 e. The van der Waals surface area contributed by atoms with Gasteiger partial charge in [0, 0.05) is 10.2 Å². The third-order valence-corrected chi connectivity index (χ3v) is 3.66. The SMILES string of the molecule is Cc1cc(Cl)c(C(=O)O)c(Oc2c(C)cc(Br)cc2C)n1. The van der Waals surface area contributed by atoms with Gasteiger partial charge in [-0.2, -0.15) is 0 Å². The number of carbonyl (C=O) groups is 1. The number of aryl methyl sites for hydroxylation is 3. The highest BCUT2D eigenvalue weighted by Gasteiger charge is 2.20. The van der Waals surface area contributed by atoms with E-state index in [0.717, 1.165) is 15.6 Å². The van der Waals surface area contributed by atoms with Crippen LogP contribution in [0.1, 0.15) is 27.2 Å². The summed E-state index contributed by atoms with van der Waals surface area (Å²) in [6.45, 7) is 5.49. The molecule has 1 N–H and O–H groups in total. The molecule has 0 aliphatic carbocycles. The second kappa shape index (κ2) is 6.03. The van der Waals surface area contributed by atoms with Crippen LogP contribution in [-0.2, 0) is 0 Å². The second-order valence-corrected chi connectivity index (χ2v) is 6.02. The molecule has 2 aromatic rings. The molecule has 0 radical (unpaired) electrons. The Morgan fingerprint density at radius 2 is 1.81 bits per heavy atom. The highest BCUT2D eigenvalue weighted by Crippen LogP contribution is 2.34. The van der Waals surface area contributed by atoms with Gasteiger partial charge in [-0.05, 0) is 50.1 Å². The highest BCUT2D eigenvalue weighted by molar-refractivity contribution is 9.10. The van der Waals surface area contributed by atoms with Crippen LogP contribution in [0, 0.1) is 20.8 Å². The number of carboxylic acids is 1. The predicted octanol–water partition coefficient (Wildman–Crippen LogP) is 4.91. The van der Waals surface area contributed by atoms with Gasteiger partial charge < -0.3 is 9.84 Å². The van der Waals surface area contributed by atoms with Crippen molar-refractivity contribution >= 4 is 33.5 Å². The molecule has 110 valence electrons. The maximum atomic E-state index is 11.4. The molecule has 0 saturated heterocycles. The lowest BCUT2D eigenvalue weighted by molar-refractivity contribution is 0.0693. The van der Waals surface area contributed by atoms with Gasteiger partial charge in [0.05, 0.1) is 5.02 Å². The first-order valence-corrected chi connectivity index (χ1v) is 7.31. The largest absolute Gasteiger partial charge is 0.477 e. The van der Waals surface area contributed by atoms with Crippen LogP contribution >= 0.6 is 27.5 Å². The van der Waals surface area contributed by atoms with E-state index in [1.165, 1.54) is 6.07 Å². The van der Waals surface area contributed by atoms with Crippen LogP contribution < -0.4 is 4.74 Å². The topological polar surface area (TPSA) is 59.4 Å². The lowest BCUT2D eigenvalue weighted by Gasteiger charge is -2.14. The Kier molecular flexibility index (Phi) is 4.54. The maximum absolute atomic E-state index is 11.4. The summed E-state index contributed by atoms with van der Waals surface area (Å²) in [7, 11) is 0. The van der Waals surface area contributed by atoms with E-state index in [-0.39, 0.29) is 16.5 Å². The van der Waals surface area contributed by atoms with Crippen LogP contribution in [0.2, 0.25) is 5.02 Å². The summed E-state index contributed by atoms with van der Waals surface area (Å²) < 4.78 is 6.68. The molecule has 21 heavy (non-hydrogen) atoms. The Labute approximate surface area is 135 Å². The van der Waals surface area contributed by atoms with Crippen molar-refractivity contribution < 1.29 is 14.6 Å². The first kappa shape index (κ1) is 15.8. The minimum absolute atomic E-state index is 0.000947. The molecule has 1 aromatic carbocycles. The number of aromatic carboxylic acids is 1. The van der Waals surface area contributed by atoms with Gasteiger partial charge >= 0.3 is 5.97 Å². The lowest BCUT2D eigenvalue weighted by Crippen LogP contribution is -2.05. The molecule has 0 saturated carbocycles. The predicted molar refractivity (Wildman–Crippen MR) is 84.6 cm³/mol.